The number of carbonyl (C=O) groups excluding carboxylic acids is 1. The predicted octanol–water partition coefficient (Wildman–Crippen LogP) is 1.10. The van der Waals surface area contributed by atoms with E-state index >= 15 is 0 Å². The maximum absolute atomic E-state index is 12.7. The highest BCUT2D eigenvalue weighted by Crippen LogP contribution is 2.54. The summed E-state index contributed by atoms with van der Waals surface area (Å²) in [7, 11) is 0. The molecule has 4 saturated heterocycles. The van der Waals surface area contributed by atoms with E-state index in [0.29, 0.717) is 6.42 Å². The van der Waals surface area contributed by atoms with E-state index in [9.17, 15) is 9.90 Å². The third-order valence-electron chi connectivity index (χ3n) is 7.42. The Balaban J connectivity index is 1.41. The van der Waals surface area contributed by atoms with E-state index in [0.717, 1.165) is 32.5 Å². The van der Waals surface area contributed by atoms with Crippen LogP contribution in [0.4, 0.5) is 0 Å². The van der Waals surface area contributed by atoms with Gasteiger partial charge in [-0.2, -0.15) is 0 Å². The first-order chi connectivity index (χ1) is 11.9. The molecule has 25 heavy (non-hydrogen) atoms. The van der Waals surface area contributed by atoms with Gasteiger partial charge in [0.2, 0.25) is 0 Å². The van der Waals surface area contributed by atoms with Crippen LogP contribution < -0.4 is 0 Å². The Bertz CT molecular complexity index is 578. The maximum Gasteiger partial charge on any atom is 0.311 e. The topological polar surface area (TPSA) is 74.8 Å². The summed E-state index contributed by atoms with van der Waals surface area (Å²) in [5, 5.41) is 10.8. The Hall–Kier alpha value is -0.690. The van der Waals surface area contributed by atoms with Gasteiger partial charge in [-0.15, -0.1) is 0 Å². The van der Waals surface area contributed by atoms with Crippen LogP contribution in [0.25, 0.3) is 0 Å². The van der Waals surface area contributed by atoms with Gasteiger partial charge in [-0.3, -0.25) is 4.79 Å². The second-order valence-electron chi connectivity index (χ2n) is 9.11. The van der Waals surface area contributed by atoms with Crippen LogP contribution in [0.5, 0.6) is 0 Å². The van der Waals surface area contributed by atoms with Gasteiger partial charge in [0.25, 0.3) is 0 Å². The number of likely N-dealkylation sites (tertiary alicyclic amines) is 1. The Kier molecular flexibility index (Phi) is 3.57. The first kappa shape index (κ1) is 16.5. The summed E-state index contributed by atoms with van der Waals surface area (Å²) in [4.78, 5) is 15.0. The molecule has 0 aromatic heterocycles. The van der Waals surface area contributed by atoms with E-state index in [4.69, 9.17) is 14.2 Å². The van der Waals surface area contributed by atoms with Gasteiger partial charge in [-0.1, -0.05) is 0 Å². The van der Waals surface area contributed by atoms with Crippen LogP contribution in [0.1, 0.15) is 46.0 Å². The average Bonchev–Trinajstić information content (AvgIpc) is 3.28. The number of carbonyl (C=O) groups is 1. The van der Waals surface area contributed by atoms with Crippen molar-refractivity contribution in [1.29, 1.82) is 0 Å². The van der Waals surface area contributed by atoms with Crippen LogP contribution in [0.15, 0.2) is 0 Å². The minimum absolute atomic E-state index is 0.00898. The van der Waals surface area contributed by atoms with Gasteiger partial charge in [-0.05, 0) is 59.0 Å². The number of esters is 1. The number of aliphatic hydroxyl groups excluding tert-OH is 1. The summed E-state index contributed by atoms with van der Waals surface area (Å²) in [5.74, 6) is -0.259. The highest BCUT2D eigenvalue weighted by atomic mass is 16.7. The van der Waals surface area contributed by atoms with Crippen molar-refractivity contribution in [2.24, 2.45) is 11.8 Å². The Morgan fingerprint density at radius 3 is 2.76 bits per heavy atom. The molecule has 6 nitrogen and oxygen atoms in total. The lowest BCUT2D eigenvalue weighted by molar-refractivity contribution is -0.145. The molecule has 5 aliphatic rings. The van der Waals surface area contributed by atoms with E-state index < -0.39 is 11.7 Å². The quantitative estimate of drug-likeness (QED) is 0.593. The van der Waals surface area contributed by atoms with Gasteiger partial charge >= 0.3 is 5.97 Å². The smallest absolute Gasteiger partial charge is 0.311 e. The number of hydrogen-bond acceptors (Lipinski definition) is 6. The number of epoxide rings is 2. The molecule has 1 aliphatic carbocycles. The zero-order valence-electron chi connectivity index (χ0n) is 15.1. The molecule has 5 fully saturated rings. The molecule has 0 bridgehead atoms. The minimum Gasteiger partial charge on any atom is -0.459 e. The number of ether oxygens (including phenoxy) is 3. The van der Waals surface area contributed by atoms with Gasteiger partial charge in [-0.25, -0.2) is 0 Å². The zero-order chi connectivity index (χ0) is 17.4. The Labute approximate surface area is 148 Å². The van der Waals surface area contributed by atoms with Crippen molar-refractivity contribution in [3.8, 4) is 0 Å². The van der Waals surface area contributed by atoms with E-state index in [2.05, 4.69) is 11.8 Å². The molecule has 0 unspecified atom stereocenters. The summed E-state index contributed by atoms with van der Waals surface area (Å²) in [5.41, 5.74) is -0.673. The molecule has 0 spiro atoms. The summed E-state index contributed by atoms with van der Waals surface area (Å²) >= 11 is 0. The van der Waals surface area contributed by atoms with E-state index in [-0.39, 0.29) is 41.7 Å². The first-order valence-corrected chi connectivity index (χ1v) is 9.87. The fourth-order valence-corrected chi connectivity index (χ4v) is 5.44. The SMILES string of the molecule is C[C@]12O[C@@H]1CC[C@@]1(C)O[C@@H]1[C@H]1OC(=O)[C@@H](CN3CCCC3)[C@@H]1C[C@H]2O. The van der Waals surface area contributed by atoms with Crippen molar-refractivity contribution in [3.05, 3.63) is 0 Å². The molecule has 1 N–H and O–H groups in total. The lowest BCUT2D eigenvalue weighted by Gasteiger charge is -2.28. The minimum atomic E-state index is -0.552. The molecule has 4 heterocycles. The molecule has 0 aromatic carbocycles. The van der Waals surface area contributed by atoms with Crippen LogP contribution in [-0.4, -0.2) is 71.2 Å². The fraction of sp³-hybridized carbons (Fsp3) is 0.947. The predicted molar refractivity (Wildman–Crippen MR) is 88.9 cm³/mol. The van der Waals surface area contributed by atoms with Gasteiger partial charge in [0, 0.05) is 12.5 Å². The van der Waals surface area contributed by atoms with Crippen molar-refractivity contribution in [2.45, 2.75) is 81.6 Å². The first-order valence-electron chi connectivity index (χ1n) is 9.87. The second kappa shape index (κ2) is 5.41. The molecule has 6 heteroatoms. The van der Waals surface area contributed by atoms with Crippen molar-refractivity contribution >= 4 is 5.97 Å². The van der Waals surface area contributed by atoms with Gasteiger partial charge in [0.15, 0.2) is 0 Å². The molecular formula is C19H29NO5. The monoisotopic (exact) mass is 351 g/mol. The molecule has 1 saturated carbocycles. The average molecular weight is 351 g/mol. The molecule has 5 rings (SSSR count). The lowest BCUT2D eigenvalue weighted by Crippen LogP contribution is -2.41. The van der Waals surface area contributed by atoms with Crippen LogP contribution >= 0.6 is 0 Å². The molecule has 0 amide bonds. The van der Waals surface area contributed by atoms with Crippen LogP contribution in [0, 0.1) is 11.8 Å². The number of hydrogen-bond donors (Lipinski definition) is 1. The summed E-state index contributed by atoms with van der Waals surface area (Å²) < 4.78 is 17.7. The second-order valence-corrected chi connectivity index (χ2v) is 9.11. The summed E-state index contributed by atoms with van der Waals surface area (Å²) in [6, 6.07) is 0. The fourth-order valence-electron chi connectivity index (χ4n) is 5.44. The third kappa shape index (κ3) is 2.56. The molecule has 0 radical (unpaired) electrons. The number of nitrogens with zero attached hydrogens (tertiary/aromatic N) is 1. The van der Waals surface area contributed by atoms with Crippen molar-refractivity contribution in [2.75, 3.05) is 19.6 Å². The van der Waals surface area contributed by atoms with Gasteiger partial charge in [0.05, 0.1) is 23.7 Å². The van der Waals surface area contributed by atoms with Crippen LogP contribution in [0.2, 0.25) is 0 Å². The standard InChI is InChI=1S/C19H29NO5/c1-18-6-5-14-19(2,24-14)13(21)9-11-12(10-20-7-3-4-8-20)17(22)23-15(11)16(18)25-18/h11-16,21H,3-10H2,1-2H3/t11-,12-,13+,14+,15-,16+,18+,19+/m0/s1. The van der Waals surface area contributed by atoms with Gasteiger partial charge < -0.3 is 24.2 Å². The highest BCUT2D eigenvalue weighted by Gasteiger charge is 2.67. The van der Waals surface area contributed by atoms with Crippen molar-refractivity contribution in [1.82, 2.24) is 4.90 Å². The number of fused-ring (bicyclic) bond motifs is 4. The zero-order valence-corrected chi connectivity index (χ0v) is 15.1. The van der Waals surface area contributed by atoms with Crippen molar-refractivity contribution < 1.29 is 24.1 Å². The molecular weight excluding hydrogens is 322 g/mol. The summed E-state index contributed by atoms with van der Waals surface area (Å²) in [6.45, 7) is 6.99. The van der Waals surface area contributed by atoms with E-state index in [1.807, 2.05) is 6.92 Å². The third-order valence-corrected chi connectivity index (χ3v) is 7.42. The number of aliphatic hydroxyl groups is 1. The normalized spacial score (nSPS) is 55.1. The molecule has 4 aliphatic heterocycles. The molecule has 0 aromatic rings. The molecule has 8 atom stereocenters. The largest absolute Gasteiger partial charge is 0.459 e. The molecule has 140 valence electrons. The van der Waals surface area contributed by atoms with Crippen LogP contribution in [0.3, 0.4) is 0 Å². The van der Waals surface area contributed by atoms with Crippen LogP contribution in [-0.2, 0) is 19.0 Å². The van der Waals surface area contributed by atoms with Crippen molar-refractivity contribution in [3.63, 3.8) is 0 Å². The maximum atomic E-state index is 12.7. The van der Waals surface area contributed by atoms with E-state index in [1.165, 1.54) is 12.8 Å². The van der Waals surface area contributed by atoms with E-state index in [1.54, 1.807) is 0 Å². The Morgan fingerprint density at radius 1 is 1.24 bits per heavy atom. The Morgan fingerprint density at radius 2 is 2.00 bits per heavy atom. The number of rotatable bonds is 2. The summed E-state index contributed by atoms with van der Waals surface area (Å²) in [6.07, 6.45) is 4.05. The van der Waals surface area contributed by atoms with Gasteiger partial charge in [0.1, 0.15) is 17.8 Å². The highest BCUT2D eigenvalue weighted by molar-refractivity contribution is 5.76. The lowest BCUT2D eigenvalue weighted by atomic mass is 9.77.